The first kappa shape index (κ1) is 23.7. The second-order valence-corrected chi connectivity index (χ2v) is 8.20. The Labute approximate surface area is 213 Å². The minimum atomic E-state index is -0.411. The number of piperazine rings is 1. The lowest BCUT2D eigenvalue weighted by atomic mass is 10.2. The third kappa shape index (κ3) is 5.48. The van der Waals surface area contributed by atoms with Crippen LogP contribution in [0.3, 0.4) is 0 Å². The number of aromatic nitrogens is 4. The Balaban J connectivity index is 1.40. The minimum absolute atomic E-state index is 0.213. The number of halogens is 1. The standard InChI is InChI=1S/C26H24FN9O/c1-37-20-10-8-19(9-11-20)30-24-32-25(31-22-7-3-2-6-21(22)27)34-26(33-24)36-15-13-35(14-16-36)23-18(17-28)5-4-12-29-23/h2-12H,13-16H2,1H3,(H2,30,31,32,33,34). The molecule has 1 aliphatic heterocycles. The fourth-order valence-corrected chi connectivity index (χ4v) is 3.96. The van der Waals surface area contributed by atoms with Crippen LogP contribution in [0.15, 0.2) is 66.9 Å². The van der Waals surface area contributed by atoms with Gasteiger partial charge in [0.05, 0.1) is 18.4 Å². The summed E-state index contributed by atoms with van der Waals surface area (Å²) in [6.45, 7) is 2.47. The Kier molecular flexibility index (Phi) is 6.89. The molecule has 1 fully saturated rings. The predicted molar refractivity (Wildman–Crippen MR) is 139 cm³/mol. The van der Waals surface area contributed by atoms with Crippen molar-refractivity contribution in [2.75, 3.05) is 53.7 Å². The number of pyridine rings is 1. The van der Waals surface area contributed by atoms with E-state index in [0.29, 0.717) is 49.5 Å². The molecule has 2 aromatic heterocycles. The van der Waals surface area contributed by atoms with E-state index in [4.69, 9.17) is 4.74 Å². The first-order chi connectivity index (χ1) is 18.1. The topological polar surface area (TPSA) is 115 Å². The molecule has 3 heterocycles. The Morgan fingerprint density at radius 3 is 2.27 bits per heavy atom. The smallest absolute Gasteiger partial charge is 0.233 e. The maximum absolute atomic E-state index is 14.3. The number of ether oxygens (including phenoxy) is 1. The van der Waals surface area contributed by atoms with Crippen molar-refractivity contribution < 1.29 is 9.13 Å². The minimum Gasteiger partial charge on any atom is -0.497 e. The lowest BCUT2D eigenvalue weighted by Crippen LogP contribution is -2.47. The molecule has 1 saturated heterocycles. The van der Waals surface area contributed by atoms with E-state index in [-0.39, 0.29) is 11.6 Å². The largest absolute Gasteiger partial charge is 0.497 e. The Morgan fingerprint density at radius 1 is 0.865 bits per heavy atom. The molecule has 37 heavy (non-hydrogen) atoms. The van der Waals surface area contributed by atoms with E-state index in [2.05, 4.69) is 41.5 Å². The van der Waals surface area contributed by atoms with Crippen LogP contribution in [0.5, 0.6) is 5.75 Å². The third-order valence-corrected chi connectivity index (χ3v) is 5.86. The number of nitriles is 1. The quantitative estimate of drug-likeness (QED) is 0.387. The molecule has 0 bridgehead atoms. The average Bonchev–Trinajstić information content (AvgIpc) is 2.95. The normalized spacial score (nSPS) is 13.1. The molecule has 11 heteroatoms. The van der Waals surface area contributed by atoms with Crippen LogP contribution in [-0.4, -0.2) is 53.2 Å². The van der Waals surface area contributed by atoms with Crippen molar-refractivity contribution >= 4 is 35.0 Å². The highest BCUT2D eigenvalue weighted by Gasteiger charge is 2.23. The Morgan fingerprint density at radius 2 is 1.57 bits per heavy atom. The number of hydrogen-bond acceptors (Lipinski definition) is 10. The van der Waals surface area contributed by atoms with E-state index < -0.39 is 5.82 Å². The highest BCUT2D eigenvalue weighted by Crippen LogP contribution is 2.25. The maximum Gasteiger partial charge on any atom is 0.233 e. The van der Waals surface area contributed by atoms with Gasteiger partial charge in [-0.05, 0) is 48.5 Å². The number of benzene rings is 2. The van der Waals surface area contributed by atoms with Crippen LogP contribution in [0.25, 0.3) is 0 Å². The summed E-state index contributed by atoms with van der Waals surface area (Å²) in [5.74, 6) is 1.97. The van der Waals surface area contributed by atoms with Gasteiger partial charge in [-0.2, -0.15) is 20.2 Å². The number of anilines is 6. The summed E-state index contributed by atoms with van der Waals surface area (Å²) in [5, 5.41) is 15.6. The molecule has 0 spiro atoms. The molecule has 0 unspecified atom stereocenters. The second kappa shape index (κ2) is 10.7. The van der Waals surface area contributed by atoms with Gasteiger partial charge < -0.3 is 25.2 Å². The lowest BCUT2D eigenvalue weighted by molar-refractivity contribution is 0.415. The van der Waals surface area contributed by atoms with Crippen LogP contribution in [0.4, 0.5) is 39.4 Å². The molecule has 2 N–H and O–H groups in total. The predicted octanol–water partition coefficient (Wildman–Crippen LogP) is 4.10. The molecular weight excluding hydrogens is 473 g/mol. The van der Waals surface area contributed by atoms with E-state index in [0.717, 1.165) is 11.4 Å². The SMILES string of the molecule is COc1ccc(Nc2nc(Nc3ccccc3F)nc(N3CCN(c4ncccc4C#N)CC3)n2)cc1. The summed E-state index contributed by atoms with van der Waals surface area (Å²) in [6, 6.07) is 19.4. The van der Waals surface area contributed by atoms with E-state index >= 15 is 0 Å². The summed E-state index contributed by atoms with van der Waals surface area (Å²) < 4.78 is 19.5. The summed E-state index contributed by atoms with van der Waals surface area (Å²) in [6.07, 6.45) is 1.69. The van der Waals surface area contributed by atoms with E-state index in [1.807, 2.05) is 29.2 Å². The van der Waals surface area contributed by atoms with Gasteiger partial charge in [-0.25, -0.2) is 9.37 Å². The summed E-state index contributed by atoms with van der Waals surface area (Å²) in [5.41, 5.74) is 1.57. The number of nitrogens with zero attached hydrogens (tertiary/aromatic N) is 7. The van der Waals surface area contributed by atoms with Crippen LogP contribution in [-0.2, 0) is 0 Å². The van der Waals surface area contributed by atoms with Gasteiger partial charge >= 0.3 is 0 Å². The number of methoxy groups -OCH3 is 1. The van der Waals surface area contributed by atoms with Crippen molar-refractivity contribution in [3.8, 4) is 11.8 Å². The van der Waals surface area contributed by atoms with E-state index in [1.54, 1.807) is 43.6 Å². The highest BCUT2D eigenvalue weighted by molar-refractivity contribution is 5.61. The molecule has 0 aliphatic carbocycles. The molecule has 2 aromatic carbocycles. The van der Waals surface area contributed by atoms with Crippen LogP contribution < -0.4 is 25.2 Å². The monoisotopic (exact) mass is 497 g/mol. The molecule has 5 rings (SSSR count). The van der Waals surface area contributed by atoms with Gasteiger partial charge in [-0.1, -0.05) is 12.1 Å². The van der Waals surface area contributed by atoms with Crippen molar-refractivity contribution in [2.24, 2.45) is 0 Å². The van der Waals surface area contributed by atoms with Crippen LogP contribution in [0, 0.1) is 17.1 Å². The van der Waals surface area contributed by atoms with Gasteiger partial charge in [-0.3, -0.25) is 0 Å². The molecule has 0 atom stereocenters. The van der Waals surface area contributed by atoms with Crippen molar-refractivity contribution in [1.29, 1.82) is 5.26 Å². The maximum atomic E-state index is 14.3. The molecule has 4 aromatic rings. The lowest BCUT2D eigenvalue weighted by Gasteiger charge is -2.35. The van der Waals surface area contributed by atoms with Gasteiger partial charge in [0.15, 0.2) is 0 Å². The third-order valence-electron chi connectivity index (χ3n) is 5.86. The van der Waals surface area contributed by atoms with Crippen LogP contribution in [0.1, 0.15) is 5.56 Å². The zero-order valence-corrected chi connectivity index (χ0v) is 20.1. The summed E-state index contributed by atoms with van der Waals surface area (Å²) >= 11 is 0. The fourth-order valence-electron chi connectivity index (χ4n) is 3.96. The zero-order valence-electron chi connectivity index (χ0n) is 20.1. The second-order valence-electron chi connectivity index (χ2n) is 8.20. The molecule has 0 radical (unpaired) electrons. The molecule has 0 saturated carbocycles. The number of hydrogen-bond donors (Lipinski definition) is 2. The van der Waals surface area contributed by atoms with Gasteiger partial charge in [-0.15, -0.1) is 0 Å². The number of nitrogens with one attached hydrogen (secondary N) is 2. The summed E-state index contributed by atoms with van der Waals surface area (Å²) in [4.78, 5) is 22.2. The van der Waals surface area contributed by atoms with Crippen LogP contribution in [0.2, 0.25) is 0 Å². The van der Waals surface area contributed by atoms with Gasteiger partial charge in [0.1, 0.15) is 23.5 Å². The van der Waals surface area contributed by atoms with E-state index in [9.17, 15) is 9.65 Å². The Bertz CT molecular complexity index is 1420. The van der Waals surface area contributed by atoms with Crippen molar-refractivity contribution in [3.63, 3.8) is 0 Å². The first-order valence-electron chi connectivity index (χ1n) is 11.7. The van der Waals surface area contributed by atoms with Gasteiger partial charge in [0.2, 0.25) is 17.8 Å². The molecular formula is C26H24FN9O. The molecule has 0 amide bonds. The Hall–Kier alpha value is -4.98. The fraction of sp³-hybridized carbons (Fsp3) is 0.192. The van der Waals surface area contributed by atoms with E-state index in [1.165, 1.54) is 6.07 Å². The molecule has 10 nitrogen and oxygen atoms in total. The zero-order chi connectivity index (χ0) is 25.6. The molecule has 1 aliphatic rings. The van der Waals surface area contributed by atoms with Crippen molar-refractivity contribution in [1.82, 2.24) is 19.9 Å². The van der Waals surface area contributed by atoms with Crippen molar-refractivity contribution in [3.05, 3.63) is 78.2 Å². The molecule has 186 valence electrons. The first-order valence-corrected chi connectivity index (χ1v) is 11.7. The van der Waals surface area contributed by atoms with Crippen LogP contribution >= 0.6 is 0 Å². The number of para-hydroxylation sites is 1. The van der Waals surface area contributed by atoms with Gasteiger partial charge in [0, 0.05) is 38.1 Å². The summed E-state index contributed by atoms with van der Waals surface area (Å²) in [7, 11) is 1.61. The van der Waals surface area contributed by atoms with Crippen molar-refractivity contribution in [2.45, 2.75) is 0 Å². The average molecular weight is 498 g/mol. The number of rotatable bonds is 7. The van der Waals surface area contributed by atoms with Gasteiger partial charge in [0.25, 0.3) is 0 Å². The highest BCUT2D eigenvalue weighted by atomic mass is 19.1.